The predicted octanol–water partition coefficient (Wildman–Crippen LogP) is 1.63. The fourth-order valence-corrected chi connectivity index (χ4v) is 0.961. The maximum absolute atomic E-state index is 5.45. The van der Waals surface area contributed by atoms with Gasteiger partial charge in [-0.3, -0.25) is 4.98 Å². The molecule has 0 saturated carbocycles. The number of aromatic amines is 1. The van der Waals surface area contributed by atoms with Crippen molar-refractivity contribution < 1.29 is 1.43 Å². The second-order valence-corrected chi connectivity index (χ2v) is 2.17. The number of pyridine rings is 1. The summed E-state index contributed by atoms with van der Waals surface area (Å²) in [6.45, 7) is 4.00. The zero-order valence-corrected chi connectivity index (χ0v) is 7.33. The topological polar surface area (TPSA) is 28.7 Å². The Morgan fingerprint density at radius 1 is 1.50 bits per heavy atom. The van der Waals surface area contributed by atoms with E-state index in [1.54, 1.807) is 6.20 Å². The van der Waals surface area contributed by atoms with Crippen LogP contribution in [0.15, 0.2) is 24.5 Å². The summed E-state index contributed by atoms with van der Waals surface area (Å²) in [7, 11) is 5.45. The average molecular weight is 160 g/mol. The van der Waals surface area contributed by atoms with E-state index in [9.17, 15) is 0 Å². The van der Waals surface area contributed by atoms with Crippen molar-refractivity contribution in [2.24, 2.45) is 0 Å². The van der Waals surface area contributed by atoms with Gasteiger partial charge in [-0.25, -0.2) is 0 Å². The molecule has 62 valence electrons. The number of hydrogen-bond acceptors (Lipinski definition) is 1. The van der Waals surface area contributed by atoms with Crippen molar-refractivity contribution in [3.63, 3.8) is 0 Å². The van der Waals surface area contributed by atoms with E-state index in [1.807, 2.05) is 32.2 Å². The van der Waals surface area contributed by atoms with E-state index in [0.717, 1.165) is 10.9 Å². The second-order valence-electron chi connectivity index (χ2n) is 2.17. The lowest BCUT2D eigenvalue weighted by atomic mass is 10.0. The van der Waals surface area contributed by atoms with Gasteiger partial charge in [-0.05, 0) is 17.7 Å². The van der Waals surface area contributed by atoms with E-state index < -0.39 is 0 Å². The van der Waals surface area contributed by atoms with Gasteiger partial charge < -0.3 is 4.98 Å². The molecule has 0 aliphatic heterocycles. The summed E-state index contributed by atoms with van der Waals surface area (Å²) in [6, 6.07) is 3.77. The Morgan fingerprint density at radius 2 is 2.25 bits per heavy atom. The molecule has 2 aromatic rings. The molecule has 0 aliphatic carbocycles. The number of hydrogen-bond donors (Lipinski definition) is 1. The van der Waals surface area contributed by atoms with Crippen LogP contribution in [0.1, 0.15) is 15.3 Å². The van der Waals surface area contributed by atoms with Crippen LogP contribution in [0.4, 0.5) is 0 Å². The first kappa shape index (κ1) is 8.85. The molecular weight excluding hydrogens is 147 g/mol. The molecule has 2 heterocycles. The fourth-order valence-electron chi connectivity index (χ4n) is 0.961. The minimum Gasteiger partial charge on any atom is -0.361 e. The molecule has 0 unspecified atom stereocenters. The Morgan fingerprint density at radius 3 is 3.00 bits per heavy atom. The van der Waals surface area contributed by atoms with Gasteiger partial charge >= 0.3 is 0 Å². The van der Waals surface area contributed by atoms with Crippen LogP contribution in [0.5, 0.6) is 0 Å². The Bertz CT molecular complexity index is 359. The van der Waals surface area contributed by atoms with Gasteiger partial charge in [0.2, 0.25) is 0 Å². The van der Waals surface area contributed by atoms with E-state index in [4.69, 9.17) is 7.85 Å². The highest BCUT2D eigenvalue weighted by molar-refractivity contribution is 6.31. The molecule has 1 N–H and O–H groups in total. The summed E-state index contributed by atoms with van der Waals surface area (Å²) in [6.07, 6.45) is 3.62. The van der Waals surface area contributed by atoms with Gasteiger partial charge in [0, 0.05) is 24.7 Å². The van der Waals surface area contributed by atoms with E-state index in [0.29, 0.717) is 5.59 Å². The van der Waals surface area contributed by atoms with Crippen molar-refractivity contribution in [2.75, 3.05) is 0 Å². The summed E-state index contributed by atoms with van der Waals surface area (Å²) < 4.78 is 0. The Hall–Kier alpha value is -1.25. The van der Waals surface area contributed by atoms with Crippen molar-refractivity contribution in [1.29, 1.82) is 0 Å². The number of H-pyrrole nitrogens is 1. The number of nitrogens with zero attached hydrogens (tertiary/aromatic N) is 1. The van der Waals surface area contributed by atoms with Crippen molar-refractivity contribution in [2.45, 2.75) is 13.8 Å². The first-order valence-corrected chi connectivity index (χ1v) is 4.05. The van der Waals surface area contributed by atoms with Crippen LogP contribution in [0.2, 0.25) is 0 Å². The molecule has 2 nitrogen and oxygen atoms in total. The minimum absolute atomic E-state index is 0. The van der Waals surface area contributed by atoms with Crippen molar-refractivity contribution in [3.8, 4) is 0 Å². The molecule has 2 rings (SSSR count). The van der Waals surface area contributed by atoms with Crippen molar-refractivity contribution in [3.05, 3.63) is 24.5 Å². The minimum atomic E-state index is 0. The molecule has 2 aromatic heterocycles. The van der Waals surface area contributed by atoms with E-state index in [2.05, 4.69) is 9.97 Å². The molecule has 0 atom stereocenters. The molecule has 2 radical (unpaired) electrons. The van der Waals surface area contributed by atoms with Gasteiger partial charge in [0.05, 0.1) is 0 Å². The highest BCUT2D eigenvalue weighted by Gasteiger charge is 1.91. The van der Waals surface area contributed by atoms with E-state index >= 15 is 0 Å². The van der Waals surface area contributed by atoms with Crippen LogP contribution in [0.25, 0.3) is 10.9 Å². The fraction of sp³-hybridized carbons (Fsp3) is 0.222. The molecule has 12 heavy (non-hydrogen) atoms. The normalized spacial score (nSPS) is 9.17. The monoisotopic (exact) mass is 160 g/mol. The lowest BCUT2D eigenvalue weighted by Gasteiger charge is -1.90. The highest BCUT2D eigenvalue weighted by Crippen LogP contribution is 2.06. The highest BCUT2D eigenvalue weighted by atomic mass is 14.7. The Labute approximate surface area is 74.9 Å². The van der Waals surface area contributed by atoms with Crippen LogP contribution in [0.3, 0.4) is 0 Å². The molecule has 0 spiro atoms. The Kier molecular flexibility index (Phi) is 2.91. The third kappa shape index (κ3) is 1.67. The molecule has 0 fully saturated rings. The van der Waals surface area contributed by atoms with E-state index in [1.165, 1.54) is 0 Å². The summed E-state index contributed by atoms with van der Waals surface area (Å²) in [4.78, 5) is 6.98. The number of nitrogens with one attached hydrogen (secondary N) is 1. The number of rotatable bonds is 0. The lowest BCUT2D eigenvalue weighted by Crippen LogP contribution is -2.05. The summed E-state index contributed by atoms with van der Waals surface area (Å²) >= 11 is 0. The van der Waals surface area contributed by atoms with Gasteiger partial charge in [-0.15, -0.1) is 0 Å². The summed E-state index contributed by atoms with van der Waals surface area (Å²) in [5, 5.41) is 1.09. The number of aromatic nitrogens is 2. The third-order valence-corrected chi connectivity index (χ3v) is 1.46. The first-order valence-electron chi connectivity index (χ1n) is 4.05. The first-order chi connectivity index (χ1) is 5.86. The van der Waals surface area contributed by atoms with Gasteiger partial charge in [-0.2, -0.15) is 0 Å². The van der Waals surface area contributed by atoms with E-state index in [-0.39, 0.29) is 1.43 Å². The van der Waals surface area contributed by atoms with Gasteiger partial charge in [-0.1, -0.05) is 13.8 Å². The predicted molar refractivity (Wildman–Crippen MR) is 54.9 cm³/mol. The van der Waals surface area contributed by atoms with Crippen LogP contribution < -0.4 is 5.59 Å². The average Bonchev–Trinajstić information content (AvgIpc) is 2.54. The zero-order chi connectivity index (χ0) is 8.97. The smallest absolute Gasteiger partial charge is 0.141 e. The SMILES string of the molecule is CC.[B]c1cc2[nH]ccc2cn1.[HH]. The van der Waals surface area contributed by atoms with Crippen molar-refractivity contribution >= 4 is 24.3 Å². The zero-order valence-electron chi connectivity index (χ0n) is 7.33. The molecule has 0 amide bonds. The van der Waals surface area contributed by atoms with Gasteiger partial charge in [0.25, 0.3) is 0 Å². The molecule has 0 aliphatic rings. The second kappa shape index (κ2) is 3.95. The maximum Gasteiger partial charge on any atom is 0.141 e. The number of fused-ring (bicyclic) bond motifs is 1. The molecule has 0 saturated heterocycles. The molecular formula is C9H13BN2. The third-order valence-electron chi connectivity index (χ3n) is 1.46. The quantitative estimate of drug-likeness (QED) is 0.583. The van der Waals surface area contributed by atoms with Crippen LogP contribution >= 0.6 is 0 Å². The lowest BCUT2D eigenvalue weighted by molar-refractivity contribution is 1.41. The van der Waals surface area contributed by atoms with Crippen LogP contribution in [0, 0.1) is 0 Å². The molecule has 0 bridgehead atoms. The van der Waals surface area contributed by atoms with Crippen LogP contribution in [-0.4, -0.2) is 17.8 Å². The largest absolute Gasteiger partial charge is 0.361 e. The van der Waals surface area contributed by atoms with Gasteiger partial charge in [0.15, 0.2) is 0 Å². The summed E-state index contributed by atoms with van der Waals surface area (Å²) in [5.74, 6) is 0. The maximum atomic E-state index is 5.45. The van der Waals surface area contributed by atoms with Gasteiger partial charge in [0.1, 0.15) is 7.85 Å². The standard InChI is InChI=1S/C7H5BN2.C2H6.H2/c8-7-3-6-5(4-10-7)1-2-9-6;1-2;/h1-4,9H;1-2H3;1H. The van der Waals surface area contributed by atoms with Crippen molar-refractivity contribution in [1.82, 2.24) is 9.97 Å². The summed E-state index contributed by atoms with van der Waals surface area (Å²) in [5.41, 5.74) is 1.59. The molecule has 0 aromatic carbocycles. The Balaban J connectivity index is 0.000000451. The molecule has 3 heteroatoms. The van der Waals surface area contributed by atoms with Crippen LogP contribution in [-0.2, 0) is 0 Å².